The number of carboxylic acids is 1. The lowest BCUT2D eigenvalue weighted by Gasteiger charge is -2.14. The van der Waals surface area contributed by atoms with Crippen LogP contribution in [0.4, 0.5) is 4.79 Å². The fourth-order valence-corrected chi connectivity index (χ4v) is 3.61. The fraction of sp³-hybridized carbons (Fsp3) is 0.182. The highest BCUT2D eigenvalue weighted by atomic mass is 16.5. The summed E-state index contributed by atoms with van der Waals surface area (Å²) in [5, 5.41) is 11.6. The third-order valence-corrected chi connectivity index (χ3v) is 4.99. The van der Waals surface area contributed by atoms with Crippen LogP contribution in [-0.4, -0.2) is 33.7 Å². The van der Waals surface area contributed by atoms with Crippen molar-refractivity contribution in [2.45, 2.75) is 19.4 Å². The molecule has 2 aromatic carbocycles. The van der Waals surface area contributed by atoms with E-state index in [9.17, 15) is 9.59 Å². The van der Waals surface area contributed by atoms with Crippen LogP contribution in [0.2, 0.25) is 0 Å². The number of carbonyl (C=O) groups excluding carboxylic acids is 1. The molecule has 0 bridgehead atoms. The smallest absolute Gasteiger partial charge is 0.407 e. The van der Waals surface area contributed by atoms with Crippen LogP contribution in [0, 0.1) is 6.92 Å². The molecule has 3 aromatic rings. The second-order valence-electron chi connectivity index (χ2n) is 6.77. The number of nitrogens with one attached hydrogen (secondary N) is 1. The van der Waals surface area contributed by atoms with Crippen LogP contribution in [0.1, 0.15) is 38.9 Å². The van der Waals surface area contributed by atoms with Gasteiger partial charge in [0.1, 0.15) is 12.4 Å². The molecular formula is C22H19N3O4. The van der Waals surface area contributed by atoms with Gasteiger partial charge in [0.15, 0.2) is 0 Å². The van der Waals surface area contributed by atoms with Gasteiger partial charge in [-0.1, -0.05) is 48.5 Å². The highest BCUT2D eigenvalue weighted by Gasteiger charge is 2.28. The summed E-state index contributed by atoms with van der Waals surface area (Å²) >= 11 is 0. The second-order valence-corrected chi connectivity index (χ2v) is 6.77. The number of nitrogens with zero attached hydrogens (tertiary/aromatic N) is 2. The Morgan fingerprint density at radius 3 is 2.28 bits per heavy atom. The van der Waals surface area contributed by atoms with Crippen LogP contribution >= 0.6 is 0 Å². The van der Waals surface area contributed by atoms with Gasteiger partial charge < -0.3 is 15.2 Å². The van der Waals surface area contributed by atoms with E-state index in [-0.39, 0.29) is 24.6 Å². The molecule has 0 radical (unpaired) electrons. The average Bonchev–Trinajstić information content (AvgIpc) is 3.04. The molecule has 0 unspecified atom stereocenters. The minimum atomic E-state index is -1.08. The lowest BCUT2D eigenvalue weighted by atomic mass is 9.98. The summed E-state index contributed by atoms with van der Waals surface area (Å²) in [6, 6.07) is 16.2. The van der Waals surface area contributed by atoms with Crippen molar-refractivity contribution >= 4 is 12.1 Å². The summed E-state index contributed by atoms with van der Waals surface area (Å²) in [6.07, 6.45) is 0.662. The van der Waals surface area contributed by atoms with E-state index in [0.717, 1.165) is 11.1 Å². The molecule has 1 aliphatic rings. The number of ether oxygens (including phenoxy) is 1. The fourth-order valence-electron chi connectivity index (χ4n) is 3.61. The number of aromatic carboxylic acids is 1. The first kappa shape index (κ1) is 18.6. The lowest BCUT2D eigenvalue weighted by molar-refractivity contribution is 0.0694. The Labute approximate surface area is 167 Å². The van der Waals surface area contributed by atoms with Crippen LogP contribution in [0.25, 0.3) is 11.1 Å². The Bertz CT molecular complexity index is 1050. The van der Waals surface area contributed by atoms with Gasteiger partial charge in [0.05, 0.1) is 17.8 Å². The van der Waals surface area contributed by atoms with Crippen molar-refractivity contribution in [3.8, 4) is 11.1 Å². The topological polar surface area (TPSA) is 101 Å². The Balaban J connectivity index is 1.39. The summed E-state index contributed by atoms with van der Waals surface area (Å²) in [7, 11) is 0. The molecule has 7 heteroatoms. The minimum Gasteiger partial charge on any atom is -0.478 e. The highest BCUT2D eigenvalue weighted by molar-refractivity contribution is 5.88. The van der Waals surface area contributed by atoms with Gasteiger partial charge in [-0.2, -0.15) is 0 Å². The van der Waals surface area contributed by atoms with E-state index in [1.54, 1.807) is 6.92 Å². The normalized spacial score (nSPS) is 12.2. The largest absolute Gasteiger partial charge is 0.478 e. The van der Waals surface area contributed by atoms with Gasteiger partial charge in [0, 0.05) is 12.1 Å². The number of rotatable bonds is 5. The SMILES string of the molecule is Cc1nc(CNC(=O)OCC2c3ccccc3-c3ccccc32)ncc1C(=O)O. The van der Waals surface area contributed by atoms with Gasteiger partial charge in [0.25, 0.3) is 0 Å². The first-order valence-corrected chi connectivity index (χ1v) is 9.19. The number of amides is 1. The van der Waals surface area contributed by atoms with Gasteiger partial charge in [-0.15, -0.1) is 0 Å². The van der Waals surface area contributed by atoms with E-state index < -0.39 is 12.1 Å². The van der Waals surface area contributed by atoms with Crippen molar-refractivity contribution in [1.29, 1.82) is 0 Å². The summed E-state index contributed by atoms with van der Waals surface area (Å²) in [5.41, 5.74) is 5.00. The van der Waals surface area contributed by atoms with Gasteiger partial charge in [0.2, 0.25) is 0 Å². The van der Waals surface area contributed by atoms with E-state index in [0.29, 0.717) is 11.5 Å². The third kappa shape index (κ3) is 3.67. The third-order valence-electron chi connectivity index (χ3n) is 4.99. The van der Waals surface area contributed by atoms with Crippen LogP contribution in [0.5, 0.6) is 0 Å². The summed E-state index contributed by atoms with van der Waals surface area (Å²) in [4.78, 5) is 31.3. The Morgan fingerprint density at radius 2 is 1.69 bits per heavy atom. The second kappa shape index (κ2) is 7.71. The zero-order valence-corrected chi connectivity index (χ0v) is 15.8. The molecule has 2 N–H and O–H groups in total. The van der Waals surface area contributed by atoms with Gasteiger partial charge in [-0.3, -0.25) is 0 Å². The van der Waals surface area contributed by atoms with Gasteiger partial charge in [-0.25, -0.2) is 19.6 Å². The molecule has 0 atom stereocenters. The Kier molecular flexibility index (Phi) is 4.95. The quantitative estimate of drug-likeness (QED) is 0.692. The van der Waals surface area contributed by atoms with E-state index in [4.69, 9.17) is 9.84 Å². The number of benzene rings is 2. The van der Waals surface area contributed by atoms with Crippen molar-refractivity contribution in [3.63, 3.8) is 0 Å². The maximum atomic E-state index is 12.2. The predicted octanol–water partition coefficient (Wildman–Crippen LogP) is 3.52. The number of hydrogen-bond donors (Lipinski definition) is 2. The molecule has 0 saturated carbocycles. The molecule has 1 aliphatic carbocycles. The Hall–Kier alpha value is -3.74. The van der Waals surface area contributed by atoms with Gasteiger partial charge in [-0.05, 0) is 29.2 Å². The van der Waals surface area contributed by atoms with Crippen LogP contribution in [-0.2, 0) is 11.3 Å². The van der Waals surface area contributed by atoms with E-state index in [1.807, 2.05) is 24.3 Å². The molecular weight excluding hydrogens is 370 g/mol. The molecule has 0 aliphatic heterocycles. The monoisotopic (exact) mass is 389 g/mol. The van der Waals surface area contributed by atoms with Crippen molar-refractivity contribution in [2.24, 2.45) is 0 Å². The average molecular weight is 389 g/mol. The standard InChI is InChI=1S/C22H19N3O4/c1-13-18(21(26)27)10-23-20(25-13)11-24-22(28)29-12-19-16-8-4-2-6-14(16)15-7-3-5-9-17(15)19/h2-10,19H,11-12H2,1H3,(H,24,28)(H,26,27). The molecule has 1 amide bonds. The molecule has 0 fully saturated rings. The number of hydrogen-bond acceptors (Lipinski definition) is 5. The first-order chi connectivity index (χ1) is 14.0. The number of aromatic nitrogens is 2. The van der Waals surface area contributed by atoms with E-state index in [1.165, 1.54) is 17.3 Å². The van der Waals surface area contributed by atoms with Crippen molar-refractivity contribution in [2.75, 3.05) is 6.61 Å². The summed E-state index contributed by atoms with van der Waals surface area (Å²) in [5.74, 6) is -0.777. The van der Waals surface area contributed by atoms with Crippen LogP contribution < -0.4 is 5.32 Å². The summed E-state index contributed by atoms with van der Waals surface area (Å²) < 4.78 is 5.45. The maximum Gasteiger partial charge on any atom is 0.407 e. The molecule has 146 valence electrons. The number of fused-ring (bicyclic) bond motifs is 3. The molecule has 1 aromatic heterocycles. The zero-order chi connectivity index (χ0) is 20.4. The maximum absolute atomic E-state index is 12.2. The highest BCUT2D eigenvalue weighted by Crippen LogP contribution is 2.44. The van der Waals surface area contributed by atoms with Crippen LogP contribution in [0.15, 0.2) is 54.7 Å². The van der Waals surface area contributed by atoms with Crippen molar-refractivity contribution in [1.82, 2.24) is 15.3 Å². The lowest BCUT2D eigenvalue weighted by Crippen LogP contribution is -2.26. The summed E-state index contributed by atoms with van der Waals surface area (Å²) in [6.45, 7) is 1.86. The van der Waals surface area contributed by atoms with Crippen LogP contribution in [0.3, 0.4) is 0 Å². The number of aryl methyl sites for hydroxylation is 1. The van der Waals surface area contributed by atoms with Gasteiger partial charge >= 0.3 is 12.1 Å². The number of alkyl carbamates (subject to hydrolysis) is 1. The molecule has 4 rings (SSSR count). The first-order valence-electron chi connectivity index (χ1n) is 9.19. The predicted molar refractivity (Wildman–Crippen MR) is 106 cm³/mol. The molecule has 7 nitrogen and oxygen atoms in total. The number of carbonyl (C=O) groups is 2. The zero-order valence-electron chi connectivity index (χ0n) is 15.8. The molecule has 0 saturated heterocycles. The molecule has 1 heterocycles. The minimum absolute atomic E-state index is 0.0125. The van der Waals surface area contributed by atoms with E-state index in [2.05, 4.69) is 39.6 Å². The Morgan fingerprint density at radius 1 is 1.07 bits per heavy atom. The number of carboxylic acid groups (broad SMARTS) is 1. The van der Waals surface area contributed by atoms with Crippen molar-refractivity contribution in [3.05, 3.63) is 82.9 Å². The van der Waals surface area contributed by atoms with Crippen molar-refractivity contribution < 1.29 is 19.4 Å². The molecule has 0 spiro atoms. The molecule has 29 heavy (non-hydrogen) atoms. The van der Waals surface area contributed by atoms with E-state index >= 15 is 0 Å².